The number of nitrogens with zero attached hydrogens (tertiary/aromatic N) is 2. The second-order valence-electron chi connectivity index (χ2n) is 2.79. The van der Waals surface area contributed by atoms with E-state index in [1.165, 1.54) is 0 Å². The van der Waals surface area contributed by atoms with Crippen LogP contribution >= 0.6 is 0 Å². The molecule has 6 heteroatoms. The summed E-state index contributed by atoms with van der Waals surface area (Å²) in [7, 11) is 0. The molecule has 0 aliphatic heterocycles. The third kappa shape index (κ3) is 4.64. The maximum Gasteiger partial charge on any atom is 0.223 e. The van der Waals surface area contributed by atoms with Gasteiger partial charge < -0.3 is 17.2 Å². The van der Waals surface area contributed by atoms with Crippen LogP contribution in [0, 0.1) is 6.92 Å². The zero-order valence-corrected chi connectivity index (χ0v) is 9.72. The van der Waals surface area contributed by atoms with E-state index in [2.05, 4.69) is 9.98 Å². The maximum absolute atomic E-state index is 5.48. The minimum Gasteiger partial charge on any atom is -0.370 e. The molecule has 6 N–H and O–H groups in total. The summed E-state index contributed by atoms with van der Waals surface area (Å²) in [6.07, 6.45) is 0. The minimum atomic E-state index is -0.0974. The second-order valence-corrected chi connectivity index (χ2v) is 2.79. The van der Waals surface area contributed by atoms with Crippen LogP contribution in [0.1, 0.15) is 5.56 Å². The summed E-state index contributed by atoms with van der Waals surface area (Å²) < 4.78 is 0. The van der Waals surface area contributed by atoms with Crippen LogP contribution in [0.15, 0.2) is 34.3 Å². The first kappa shape index (κ1) is 13.7. The fourth-order valence-corrected chi connectivity index (χ4v) is 0.970. The molecule has 0 aliphatic rings. The van der Waals surface area contributed by atoms with Crippen LogP contribution in [-0.2, 0) is 22.4 Å². The first-order chi connectivity index (χ1) is 6.59. The Kier molecular flexibility index (Phi) is 5.69. The van der Waals surface area contributed by atoms with Crippen LogP contribution in [0.3, 0.4) is 0 Å². The van der Waals surface area contributed by atoms with E-state index in [1.54, 1.807) is 0 Å². The quantitative estimate of drug-likeness (QED) is 0.392. The Morgan fingerprint density at radius 3 is 2.27 bits per heavy atom. The van der Waals surface area contributed by atoms with Crippen molar-refractivity contribution in [2.24, 2.45) is 27.2 Å². The van der Waals surface area contributed by atoms with E-state index < -0.39 is 0 Å². The number of guanidine groups is 2. The van der Waals surface area contributed by atoms with Gasteiger partial charge in [0.2, 0.25) is 5.96 Å². The van der Waals surface area contributed by atoms with E-state index in [1.807, 2.05) is 31.2 Å². The molecule has 1 aromatic carbocycles. The van der Waals surface area contributed by atoms with Crippen molar-refractivity contribution in [2.75, 3.05) is 0 Å². The molecular weight excluding hydrogens is 286 g/mol. The molecule has 15 heavy (non-hydrogen) atoms. The van der Waals surface area contributed by atoms with Crippen molar-refractivity contribution in [1.82, 2.24) is 0 Å². The Bertz CT molecular complexity index is 382. The summed E-state index contributed by atoms with van der Waals surface area (Å²) in [5.74, 6) is -0.0425. The van der Waals surface area contributed by atoms with Crippen molar-refractivity contribution in [1.29, 1.82) is 0 Å². The predicted molar refractivity (Wildman–Crippen MR) is 58.3 cm³/mol. The molecule has 0 fully saturated rings. The van der Waals surface area contributed by atoms with Gasteiger partial charge in [-0.1, -0.05) is 18.2 Å². The molecule has 0 saturated carbocycles. The fraction of sp³-hybridized carbons (Fsp3) is 0.111. The van der Waals surface area contributed by atoms with Crippen molar-refractivity contribution < 1.29 is 22.4 Å². The number of hydrogen-bond donors (Lipinski definition) is 3. The van der Waals surface area contributed by atoms with E-state index in [9.17, 15) is 0 Å². The normalized spacial score (nSPS) is 10.3. The molecule has 0 amide bonds. The molecule has 0 unspecified atom stereocenters. The van der Waals surface area contributed by atoms with Gasteiger partial charge in [-0.3, -0.25) is 0 Å². The number of nitrogens with two attached hydrogens (primary N) is 3. The zero-order valence-electron chi connectivity index (χ0n) is 8.24. The van der Waals surface area contributed by atoms with Crippen LogP contribution in [0.2, 0.25) is 0 Å². The van der Waals surface area contributed by atoms with Gasteiger partial charge in [-0.15, -0.1) is 0 Å². The van der Waals surface area contributed by atoms with Crippen molar-refractivity contribution >= 4 is 17.6 Å². The average molecular weight is 299 g/mol. The summed E-state index contributed by atoms with van der Waals surface area (Å²) in [5.41, 5.74) is 17.6. The van der Waals surface area contributed by atoms with Gasteiger partial charge in [0.1, 0.15) is 0 Å². The van der Waals surface area contributed by atoms with Gasteiger partial charge in [0.25, 0.3) is 0 Å². The van der Waals surface area contributed by atoms with Crippen molar-refractivity contribution in [3.63, 3.8) is 0 Å². The largest absolute Gasteiger partial charge is 0.370 e. The van der Waals surface area contributed by atoms with Crippen LogP contribution in [-0.4, -0.2) is 11.9 Å². The molecule has 1 aromatic rings. The second kappa shape index (κ2) is 6.23. The van der Waals surface area contributed by atoms with Crippen molar-refractivity contribution in [3.8, 4) is 0 Å². The first-order valence-electron chi connectivity index (χ1n) is 4.09. The third-order valence-corrected chi connectivity index (χ3v) is 1.59. The van der Waals surface area contributed by atoms with Crippen LogP contribution < -0.4 is 17.2 Å². The Morgan fingerprint density at radius 1 is 1.13 bits per heavy atom. The number of para-hydroxylation sites is 1. The predicted octanol–water partition coefficient (Wildman–Crippen LogP) is 0.212. The van der Waals surface area contributed by atoms with Gasteiger partial charge in [0.15, 0.2) is 5.96 Å². The van der Waals surface area contributed by atoms with Crippen LogP contribution in [0.4, 0.5) is 5.69 Å². The van der Waals surface area contributed by atoms with Gasteiger partial charge in [-0.05, 0) is 18.6 Å². The summed E-state index contributed by atoms with van der Waals surface area (Å²) in [6, 6.07) is 7.56. The summed E-state index contributed by atoms with van der Waals surface area (Å²) in [4.78, 5) is 7.66. The zero-order chi connectivity index (χ0) is 10.6. The molecule has 0 heterocycles. The summed E-state index contributed by atoms with van der Waals surface area (Å²) in [5, 5.41) is 0. The molecule has 1 rings (SSSR count). The molecule has 0 saturated heterocycles. The molecule has 0 bridgehead atoms. The monoisotopic (exact) mass is 298 g/mol. The van der Waals surface area contributed by atoms with Gasteiger partial charge in [0, 0.05) is 22.4 Å². The molecule has 1 radical (unpaired) electrons. The topological polar surface area (TPSA) is 103 Å². The summed E-state index contributed by atoms with van der Waals surface area (Å²) in [6.45, 7) is 1.93. The standard InChI is InChI=1S/C9H13N5.Ag/c1-6-4-2-3-5-7(6)13-9(12)14-8(10)11;/h2-5H,1H3,(H6,10,11,12,13,14);. The molecule has 0 aliphatic carbocycles. The average Bonchev–Trinajstić information content (AvgIpc) is 2.07. The van der Waals surface area contributed by atoms with E-state index in [0.29, 0.717) is 0 Å². The minimum absolute atomic E-state index is 0. The third-order valence-electron chi connectivity index (χ3n) is 1.59. The molecule has 85 valence electrons. The molecule has 5 nitrogen and oxygen atoms in total. The first-order valence-corrected chi connectivity index (χ1v) is 4.09. The summed E-state index contributed by atoms with van der Waals surface area (Å²) >= 11 is 0. The SMILES string of the molecule is Cc1ccccc1N=C(N)N=C(N)N.[Ag]. The van der Waals surface area contributed by atoms with Gasteiger partial charge in [0.05, 0.1) is 5.69 Å². The molecule has 0 spiro atoms. The van der Waals surface area contributed by atoms with Crippen LogP contribution in [0.25, 0.3) is 0 Å². The Balaban J connectivity index is 0.00000196. The fourth-order valence-electron chi connectivity index (χ4n) is 0.970. The number of hydrogen-bond acceptors (Lipinski definition) is 1. The van der Waals surface area contributed by atoms with E-state index >= 15 is 0 Å². The van der Waals surface area contributed by atoms with E-state index in [0.717, 1.165) is 11.3 Å². The number of aliphatic imine (C=N–C) groups is 2. The number of benzene rings is 1. The van der Waals surface area contributed by atoms with Gasteiger partial charge >= 0.3 is 0 Å². The Hall–Kier alpha value is -1.30. The molecule has 0 aromatic heterocycles. The Morgan fingerprint density at radius 2 is 1.73 bits per heavy atom. The van der Waals surface area contributed by atoms with E-state index in [4.69, 9.17) is 17.2 Å². The van der Waals surface area contributed by atoms with Crippen molar-refractivity contribution in [2.45, 2.75) is 6.92 Å². The van der Waals surface area contributed by atoms with Gasteiger partial charge in [-0.2, -0.15) is 4.99 Å². The van der Waals surface area contributed by atoms with E-state index in [-0.39, 0.29) is 34.3 Å². The van der Waals surface area contributed by atoms with Crippen LogP contribution in [0.5, 0.6) is 0 Å². The smallest absolute Gasteiger partial charge is 0.223 e. The molecule has 0 atom stereocenters. The van der Waals surface area contributed by atoms with Crippen molar-refractivity contribution in [3.05, 3.63) is 29.8 Å². The molecular formula is C9H13AgN5. The maximum atomic E-state index is 5.48. The Labute approximate surface area is 104 Å². The number of aryl methyl sites for hydroxylation is 1. The number of rotatable bonds is 1. The van der Waals surface area contributed by atoms with Gasteiger partial charge in [-0.25, -0.2) is 4.99 Å².